The Labute approximate surface area is 683 Å². The third-order valence-electron chi connectivity index (χ3n) is 19.1. The van der Waals surface area contributed by atoms with Gasteiger partial charge in [0.05, 0.1) is 22.8 Å². The number of aromatic nitrogens is 6. The molecule has 0 amide bonds. The molecule has 0 spiro atoms. The van der Waals surface area contributed by atoms with Crippen LogP contribution in [0.5, 0.6) is 0 Å². The van der Waals surface area contributed by atoms with E-state index in [4.69, 9.17) is 9.97 Å². The number of para-hydroxylation sites is 7. The fraction of sp³-hybridized carbons (Fsp3) is 0.0566. The summed E-state index contributed by atoms with van der Waals surface area (Å²) >= 11 is 0. The predicted molar refractivity (Wildman–Crippen MR) is 487 cm³/mol. The van der Waals surface area contributed by atoms with Crippen LogP contribution in [0.25, 0.3) is 67.2 Å². The van der Waals surface area contributed by atoms with Crippen LogP contribution >= 0.6 is 0 Å². The predicted octanol–water partition coefficient (Wildman–Crippen LogP) is 27.7. The number of anilines is 10. The number of rotatable bonds is 15. The van der Waals surface area contributed by atoms with E-state index in [9.17, 15) is 0 Å². The first-order valence-corrected chi connectivity index (χ1v) is 38.8. The normalized spacial score (nSPS) is 10.3. The van der Waals surface area contributed by atoms with Gasteiger partial charge in [-0.3, -0.25) is 9.97 Å². The van der Waals surface area contributed by atoms with Gasteiger partial charge in [0.15, 0.2) is 5.82 Å². The number of aryl methyl sites for hydroxylation is 4. The molecule has 0 N–H and O–H groups in total. The second kappa shape index (κ2) is 40.8. The van der Waals surface area contributed by atoms with Gasteiger partial charge in [0, 0.05) is 129 Å². The Hall–Kier alpha value is -15.0. The van der Waals surface area contributed by atoms with Gasteiger partial charge in [-0.1, -0.05) is 284 Å². The fourth-order valence-electron chi connectivity index (χ4n) is 13.1. The van der Waals surface area contributed by atoms with E-state index in [0.29, 0.717) is 0 Å². The molecule has 10 heteroatoms. The average molecular weight is 1510 g/mol. The van der Waals surface area contributed by atoms with E-state index in [-0.39, 0.29) is 0 Å². The number of pyridine rings is 2. The SMILES string of the molecule is CN(c1ccccc1)c1cccc2ccccc12.CN(c1ccccc1)c1ccccc1.Cc1ccc(-c2nc(-c3ccccc3)cc(-c3ccccc3)n2)cc1.Cc1ccc(N(c2ccccc2)c2ccccc2)cc1.Cc1cccc(N(c2ccccc2)c2ccccc2)c1.Cc1nc(-c2ccncc2)cc(-c2ccncc2)n1. The number of hydrogen-bond donors (Lipinski definition) is 0. The van der Waals surface area contributed by atoms with Crippen molar-refractivity contribution in [1.82, 2.24) is 29.9 Å². The van der Waals surface area contributed by atoms with E-state index in [1.807, 2.05) is 116 Å². The molecule has 0 bridgehead atoms. The van der Waals surface area contributed by atoms with Crippen LogP contribution in [0.1, 0.15) is 22.5 Å². The van der Waals surface area contributed by atoms with Crippen LogP contribution in [0.4, 0.5) is 56.9 Å². The van der Waals surface area contributed by atoms with Crippen LogP contribution in [0.3, 0.4) is 0 Å². The van der Waals surface area contributed by atoms with Gasteiger partial charge in [-0.25, -0.2) is 19.9 Å². The van der Waals surface area contributed by atoms with Crippen LogP contribution in [-0.4, -0.2) is 44.0 Å². The van der Waals surface area contributed by atoms with Gasteiger partial charge >= 0.3 is 0 Å². The summed E-state index contributed by atoms with van der Waals surface area (Å²) in [5.74, 6) is 1.50. The number of fused-ring (bicyclic) bond motifs is 1. The van der Waals surface area contributed by atoms with Crippen molar-refractivity contribution in [1.29, 1.82) is 0 Å². The lowest BCUT2D eigenvalue weighted by Gasteiger charge is -2.25. The standard InChI is InChI=1S/C23H18N2.2C19H17N.C17H15N.C15H12N4.C13H13N/c1-17-12-14-20(15-13-17)23-24-21(18-8-4-2-5-9-18)16-22(25-23)19-10-6-3-7-11-19;1-16-9-8-14-19(15-16)20(17-10-4-2-5-11-17)18-12-6-3-7-13-18;1-16-12-14-19(15-13-16)20(17-8-4-2-5-9-17)18-10-6-3-7-11-18;1-18(15-10-3-2-4-11-15)17-13-7-9-14-8-5-6-12-16(14)17;1-11-18-14(12-2-6-16-7-3-12)10-15(19-11)13-4-8-17-9-5-13;1-14(12-8-4-2-5-9-12)13-10-6-3-7-11-13/h2-16H,1H3;2*2-15H,1H3;2-13H,1H3;2-10H,1H3;2-11H,1H3. The molecule has 0 aliphatic carbocycles. The monoisotopic (exact) mass is 1500 g/mol. The van der Waals surface area contributed by atoms with Crippen molar-refractivity contribution in [3.05, 3.63) is 472 Å². The zero-order valence-electron chi connectivity index (χ0n) is 66.2. The molecule has 0 aliphatic rings. The highest BCUT2D eigenvalue weighted by atomic mass is 15.1. The zero-order chi connectivity index (χ0) is 79.9. The lowest BCUT2D eigenvalue weighted by Crippen LogP contribution is -2.09. The zero-order valence-corrected chi connectivity index (χ0v) is 66.2. The molecule has 566 valence electrons. The van der Waals surface area contributed by atoms with E-state index >= 15 is 0 Å². The van der Waals surface area contributed by atoms with Gasteiger partial charge in [0.1, 0.15) is 5.82 Å². The Kier molecular flexibility index (Phi) is 27.8. The molecule has 4 heterocycles. The van der Waals surface area contributed by atoms with Crippen LogP contribution < -0.4 is 19.6 Å². The Morgan fingerprint density at radius 2 is 0.509 bits per heavy atom. The van der Waals surface area contributed by atoms with Crippen molar-refractivity contribution in [3.63, 3.8) is 0 Å². The number of benzene rings is 14. The first-order chi connectivity index (χ1) is 57.0. The number of hydrogen-bond acceptors (Lipinski definition) is 10. The van der Waals surface area contributed by atoms with E-state index in [2.05, 4.69) is 390 Å². The Morgan fingerprint density at radius 3 is 0.914 bits per heavy atom. The maximum Gasteiger partial charge on any atom is 0.160 e. The summed E-state index contributed by atoms with van der Waals surface area (Å²) in [5, 5.41) is 2.56. The number of nitrogens with zero attached hydrogens (tertiary/aromatic N) is 10. The second-order valence-electron chi connectivity index (χ2n) is 27.5. The topological polar surface area (TPSA) is 90.3 Å². The van der Waals surface area contributed by atoms with Gasteiger partial charge < -0.3 is 19.6 Å². The molecule has 18 rings (SSSR count). The van der Waals surface area contributed by atoms with Crippen LogP contribution in [-0.2, 0) is 0 Å². The maximum absolute atomic E-state index is 4.82. The van der Waals surface area contributed by atoms with Crippen molar-refractivity contribution < 1.29 is 0 Å². The van der Waals surface area contributed by atoms with Crippen molar-refractivity contribution in [2.45, 2.75) is 27.7 Å². The minimum absolute atomic E-state index is 0.750. The summed E-state index contributed by atoms with van der Waals surface area (Å²) in [5.41, 5.74) is 24.6. The molecule has 0 fully saturated rings. The molecule has 0 atom stereocenters. The summed E-state index contributed by atoms with van der Waals surface area (Å²) in [6, 6.07) is 146. The average Bonchev–Trinajstić information content (AvgIpc) is 0.872. The molecular formula is C106H92N10. The molecule has 0 radical (unpaired) electrons. The summed E-state index contributed by atoms with van der Waals surface area (Å²) < 4.78 is 0. The lowest BCUT2D eigenvalue weighted by atomic mass is 10.1. The highest BCUT2D eigenvalue weighted by Crippen LogP contribution is 2.38. The summed E-state index contributed by atoms with van der Waals surface area (Å²) in [7, 11) is 4.18. The van der Waals surface area contributed by atoms with Crippen molar-refractivity contribution in [2.75, 3.05) is 33.7 Å². The minimum atomic E-state index is 0.750. The molecule has 4 aromatic heterocycles. The van der Waals surface area contributed by atoms with Crippen LogP contribution in [0, 0.1) is 27.7 Å². The second-order valence-corrected chi connectivity index (χ2v) is 27.5. The maximum atomic E-state index is 4.82. The smallest absolute Gasteiger partial charge is 0.160 e. The van der Waals surface area contributed by atoms with Gasteiger partial charge in [-0.2, -0.15) is 0 Å². The summed E-state index contributed by atoms with van der Waals surface area (Å²) in [6.45, 7) is 8.21. The summed E-state index contributed by atoms with van der Waals surface area (Å²) in [4.78, 5) is 35.6. The first kappa shape index (κ1) is 79.1. The third-order valence-corrected chi connectivity index (χ3v) is 19.1. The largest absolute Gasteiger partial charge is 0.345 e. The summed E-state index contributed by atoms with van der Waals surface area (Å²) in [6.07, 6.45) is 7.05. The first-order valence-electron chi connectivity index (χ1n) is 38.8. The van der Waals surface area contributed by atoms with Gasteiger partial charge in [-0.15, -0.1) is 0 Å². The third kappa shape index (κ3) is 22.0. The molecule has 116 heavy (non-hydrogen) atoms. The van der Waals surface area contributed by atoms with E-state index in [1.54, 1.807) is 24.8 Å². The molecule has 18 aromatic rings. The molecule has 14 aromatic carbocycles. The van der Waals surface area contributed by atoms with Crippen molar-refractivity contribution in [2.24, 2.45) is 0 Å². The van der Waals surface area contributed by atoms with E-state index in [0.717, 1.165) is 62.2 Å². The molecule has 10 nitrogen and oxygen atoms in total. The van der Waals surface area contributed by atoms with Crippen LogP contribution in [0.2, 0.25) is 0 Å². The molecule has 0 saturated heterocycles. The van der Waals surface area contributed by atoms with Gasteiger partial charge in [0.2, 0.25) is 0 Å². The molecule has 0 unspecified atom stereocenters. The Bertz CT molecular complexity index is 5690. The molecule has 0 aliphatic heterocycles. The van der Waals surface area contributed by atoms with E-state index in [1.165, 1.54) is 84.3 Å². The van der Waals surface area contributed by atoms with Crippen molar-refractivity contribution in [3.8, 4) is 56.4 Å². The van der Waals surface area contributed by atoms with Crippen molar-refractivity contribution >= 4 is 67.6 Å². The van der Waals surface area contributed by atoms with E-state index < -0.39 is 0 Å². The quantitative estimate of drug-likeness (QED) is 0.0988. The van der Waals surface area contributed by atoms with Crippen LogP contribution in [0.15, 0.2) is 449 Å². The fourth-order valence-corrected chi connectivity index (χ4v) is 13.1. The Balaban J connectivity index is 0.000000122. The van der Waals surface area contributed by atoms with Gasteiger partial charge in [0.25, 0.3) is 0 Å². The van der Waals surface area contributed by atoms with Gasteiger partial charge in [-0.05, 0) is 190 Å². The molecular weight excluding hydrogens is 1410 g/mol. The highest BCUT2D eigenvalue weighted by molar-refractivity contribution is 5.96. The minimum Gasteiger partial charge on any atom is -0.345 e. The highest BCUT2D eigenvalue weighted by Gasteiger charge is 2.16. The lowest BCUT2D eigenvalue weighted by molar-refractivity contribution is 1.06. The molecule has 0 saturated carbocycles. The Morgan fingerprint density at radius 1 is 0.207 bits per heavy atom.